The molecule has 1 aromatic heterocycles. The largest absolute Gasteiger partial charge is 0.364 e. The third-order valence-corrected chi connectivity index (χ3v) is 1.24. The van der Waals surface area contributed by atoms with Crippen LogP contribution in [0.5, 0.6) is 0 Å². The van der Waals surface area contributed by atoms with Crippen LogP contribution >= 0.6 is 0 Å². The summed E-state index contributed by atoms with van der Waals surface area (Å²) in [5.41, 5.74) is 6.25. The molecule has 1 amide bonds. The average molecular weight is 139 g/mol. The van der Waals surface area contributed by atoms with Gasteiger partial charge in [-0.1, -0.05) is 0 Å². The summed E-state index contributed by atoms with van der Waals surface area (Å²) in [6, 6.07) is 1.64. The van der Waals surface area contributed by atoms with Crippen molar-refractivity contribution in [2.45, 2.75) is 6.92 Å². The van der Waals surface area contributed by atoms with E-state index in [9.17, 15) is 4.79 Å². The molecule has 0 aliphatic carbocycles. The Morgan fingerprint density at radius 3 is 2.50 bits per heavy atom. The van der Waals surface area contributed by atoms with Gasteiger partial charge >= 0.3 is 0 Å². The number of primary amides is 1. The van der Waals surface area contributed by atoms with Crippen LogP contribution in [-0.4, -0.2) is 10.6 Å². The number of aryl methyl sites for hydroxylation is 1. The van der Waals surface area contributed by atoms with Gasteiger partial charge in [0.05, 0.1) is 0 Å². The molecule has 0 bridgehead atoms. The Morgan fingerprint density at radius 1 is 1.70 bits per heavy atom. The van der Waals surface area contributed by atoms with Crippen LogP contribution in [0.15, 0.2) is 12.3 Å². The fraction of sp³-hybridized carbons (Fsp3) is 0.167. The lowest BCUT2D eigenvalue weighted by Crippen LogP contribution is -2.20. The van der Waals surface area contributed by atoms with E-state index in [1.807, 2.05) is 6.92 Å². The molecule has 0 atom stereocenters. The van der Waals surface area contributed by atoms with Crippen LogP contribution in [0.2, 0.25) is 0 Å². The van der Waals surface area contributed by atoms with E-state index in [4.69, 9.17) is 11.6 Å². The molecule has 4 N–H and O–H groups in total. The van der Waals surface area contributed by atoms with E-state index in [1.54, 1.807) is 12.3 Å². The van der Waals surface area contributed by atoms with Crippen molar-refractivity contribution in [1.29, 1.82) is 0 Å². The monoisotopic (exact) mass is 139 g/mol. The van der Waals surface area contributed by atoms with Crippen molar-refractivity contribution in [1.82, 2.24) is 4.68 Å². The zero-order chi connectivity index (χ0) is 7.72. The summed E-state index contributed by atoms with van der Waals surface area (Å²) in [5, 5.41) is 0. The first-order valence-electron chi connectivity index (χ1n) is 2.85. The van der Waals surface area contributed by atoms with E-state index >= 15 is 0 Å². The first-order chi connectivity index (χ1) is 4.61. The van der Waals surface area contributed by atoms with Gasteiger partial charge in [-0.3, -0.25) is 9.47 Å². The van der Waals surface area contributed by atoms with Crippen molar-refractivity contribution < 1.29 is 4.79 Å². The number of nitrogen functional groups attached to an aromatic ring is 1. The number of hydrogen-bond donors (Lipinski definition) is 2. The van der Waals surface area contributed by atoms with E-state index < -0.39 is 5.91 Å². The second-order valence-corrected chi connectivity index (χ2v) is 2.17. The van der Waals surface area contributed by atoms with Crippen LogP contribution < -0.4 is 11.6 Å². The molecular weight excluding hydrogens is 130 g/mol. The third-order valence-electron chi connectivity index (χ3n) is 1.24. The van der Waals surface area contributed by atoms with Crippen molar-refractivity contribution in [3.05, 3.63) is 23.5 Å². The topological polar surface area (TPSA) is 74.0 Å². The number of hydrogen-bond acceptors (Lipinski definition) is 2. The lowest BCUT2D eigenvalue weighted by molar-refractivity contribution is 0.0993. The molecule has 0 unspecified atom stereocenters. The summed E-state index contributed by atoms with van der Waals surface area (Å²) in [4.78, 5) is 10.6. The standard InChI is InChI=1S/C6H9N3O/c1-4-2-5(6(7)10)9(8)3-4/h2-3H,8H2,1H3,(H2,7,10). The predicted molar refractivity (Wildman–Crippen MR) is 37.8 cm³/mol. The van der Waals surface area contributed by atoms with Crippen LogP contribution in [0.4, 0.5) is 0 Å². The van der Waals surface area contributed by atoms with Crippen molar-refractivity contribution in [2.24, 2.45) is 5.73 Å². The molecule has 0 saturated heterocycles. The first kappa shape index (κ1) is 6.67. The summed E-state index contributed by atoms with van der Waals surface area (Å²) < 4.78 is 1.22. The molecule has 1 aromatic rings. The van der Waals surface area contributed by atoms with Gasteiger partial charge in [0.2, 0.25) is 0 Å². The minimum atomic E-state index is -0.504. The molecule has 54 valence electrons. The first-order valence-corrected chi connectivity index (χ1v) is 2.85. The molecule has 0 saturated carbocycles. The van der Waals surface area contributed by atoms with Crippen LogP contribution in [0.1, 0.15) is 16.1 Å². The zero-order valence-electron chi connectivity index (χ0n) is 5.66. The molecule has 0 aliphatic rings. The van der Waals surface area contributed by atoms with Crippen LogP contribution in [0.25, 0.3) is 0 Å². The minimum absolute atomic E-state index is 0.331. The highest BCUT2D eigenvalue weighted by Crippen LogP contribution is 2.02. The second kappa shape index (κ2) is 2.06. The Hall–Kier alpha value is -1.45. The van der Waals surface area contributed by atoms with Crippen LogP contribution in [0, 0.1) is 6.92 Å². The lowest BCUT2D eigenvalue weighted by atomic mass is 10.3. The predicted octanol–water partition coefficient (Wildman–Crippen LogP) is -0.391. The fourth-order valence-corrected chi connectivity index (χ4v) is 0.815. The van der Waals surface area contributed by atoms with E-state index in [0.29, 0.717) is 5.69 Å². The summed E-state index contributed by atoms with van der Waals surface area (Å²) >= 11 is 0. The zero-order valence-corrected chi connectivity index (χ0v) is 5.66. The number of rotatable bonds is 1. The maximum atomic E-state index is 10.6. The highest BCUT2D eigenvalue weighted by Gasteiger charge is 2.05. The summed E-state index contributed by atoms with van der Waals surface area (Å²) in [5.74, 6) is 4.85. The molecule has 0 fully saturated rings. The quantitative estimate of drug-likeness (QED) is 0.520. The minimum Gasteiger partial charge on any atom is -0.364 e. The summed E-state index contributed by atoms with van der Waals surface area (Å²) in [7, 11) is 0. The Morgan fingerprint density at radius 2 is 2.30 bits per heavy atom. The molecular formula is C6H9N3O. The number of carbonyl (C=O) groups is 1. The molecule has 4 heteroatoms. The van der Waals surface area contributed by atoms with Gasteiger partial charge in [0, 0.05) is 6.20 Å². The lowest BCUT2D eigenvalue weighted by Gasteiger charge is -1.94. The van der Waals surface area contributed by atoms with Gasteiger partial charge in [-0.15, -0.1) is 0 Å². The highest BCUT2D eigenvalue weighted by molar-refractivity contribution is 5.91. The van der Waals surface area contributed by atoms with E-state index in [0.717, 1.165) is 5.56 Å². The number of nitrogens with two attached hydrogens (primary N) is 2. The van der Waals surface area contributed by atoms with Crippen molar-refractivity contribution in [2.75, 3.05) is 5.84 Å². The SMILES string of the molecule is Cc1cc(C(N)=O)n(N)c1. The van der Waals surface area contributed by atoms with Gasteiger partial charge in [0.1, 0.15) is 5.69 Å². The van der Waals surface area contributed by atoms with Crippen molar-refractivity contribution in [3.8, 4) is 0 Å². The van der Waals surface area contributed by atoms with E-state index in [1.165, 1.54) is 4.68 Å². The summed E-state index contributed by atoms with van der Waals surface area (Å²) in [6.45, 7) is 1.84. The van der Waals surface area contributed by atoms with Gasteiger partial charge in [0.15, 0.2) is 0 Å². The van der Waals surface area contributed by atoms with Crippen LogP contribution in [0.3, 0.4) is 0 Å². The normalized spacial score (nSPS) is 9.70. The van der Waals surface area contributed by atoms with Gasteiger partial charge in [-0.05, 0) is 18.6 Å². The van der Waals surface area contributed by atoms with Gasteiger partial charge < -0.3 is 11.6 Å². The van der Waals surface area contributed by atoms with Gasteiger partial charge in [-0.25, -0.2) is 0 Å². The molecule has 0 radical (unpaired) electrons. The molecule has 0 aliphatic heterocycles. The molecule has 10 heavy (non-hydrogen) atoms. The number of aromatic nitrogens is 1. The van der Waals surface area contributed by atoms with E-state index in [-0.39, 0.29) is 0 Å². The third kappa shape index (κ3) is 0.953. The Labute approximate surface area is 58.4 Å². The fourth-order valence-electron chi connectivity index (χ4n) is 0.815. The average Bonchev–Trinajstić information content (AvgIpc) is 2.10. The number of carbonyl (C=O) groups excluding carboxylic acids is 1. The second-order valence-electron chi connectivity index (χ2n) is 2.17. The molecule has 1 rings (SSSR count). The highest BCUT2D eigenvalue weighted by atomic mass is 16.1. The number of amides is 1. The Balaban J connectivity index is 3.15. The molecule has 0 spiro atoms. The van der Waals surface area contributed by atoms with Gasteiger partial charge in [-0.2, -0.15) is 0 Å². The molecule has 1 heterocycles. The van der Waals surface area contributed by atoms with Crippen molar-refractivity contribution in [3.63, 3.8) is 0 Å². The van der Waals surface area contributed by atoms with E-state index in [2.05, 4.69) is 0 Å². The number of nitrogens with zero attached hydrogens (tertiary/aromatic N) is 1. The van der Waals surface area contributed by atoms with Crippen molar-refractivity contribution >= 4 is 5.91 Å². The smallest absolute Gasteiger partial charge is 0.267 e. The van der Waals surface area contributed by atoms with Crippen LogP contribution in [-0.2, 0) is 0 Å². The maximum absolute atomic E-state index is 10.6. The Kier molecular flexibility index (Phi) is 1.37. The Bertz CT molecular complexity index is 264. The maximum Gasteiger partial charge on any atom is 0.267 e. The molecule has 4 nitrogen and oxygen atoms in total. The van der Waals surface area contributed by atoms with Gasteiger partial charge in [0.25, 0.3) is 5.91 Å². The summed E-state index contributed by atoms with van der Waals surface area (Å²) in [6.07, 6.45) is 1.64. The molecule has 0 aromatic carbocycles.